The third-order valence-corrected chi connectivity index (χ3v) is 2.82. The van der Waals surface area contributed by atoms with Crippen molar-refractivity contribution in [3.05, 3.63) is 65.5 Å². The Balaban J connectivity index is 2.15. The van der Waals surface area contributed by atoms with Gasteiger partial charge < -0.3 is 11.1 Å². The van der Waals surface area contributed by atoms with Gasteiger partial charge in [0.05, 0.1) is 5.69 Å². The van der Waals surface area contributed by atoms with Crippen molar-refractivity contribution in [2.45, 2.75) is 13.0 Å². The Morgan fingerprint density at radius 2 is 1.89 bits per heavy atom. The summed E-state index contributed by atoms with van der Waals surface area (Å²) in [5.74, 6) is -0.907. The van der Waals surface area contributed by atoms with Crippen LogP contribution in [0.15, 0.2) is 48.5 Å². The zero-order valence-corrected chi connectivity index (χ0v) is 10.6. The highest BCUT2D eigenvalue weighted by atomic mass is 19.1. The molecule has 0 aliphatic rings. The van der Waals surface area contributed by atoms with Gasteiger partial charge in [-0.3, -0.25) is 4.79 Å². The average Bonchev–Trinajstić information content (AvgIpc) is 2.43. The van der Waals surface area contributed by atoms with E-state index in [2.05, 4.69) is 5.32 Å². The Hall–Kier alpha value is -2.20. The number of nitrogens with one attached hydrogen (secondary N) is 1. The minimum Gasteiger partial charge on any atom is -0.322 e. The summed E-state index contributed by atoms with van der Waals surface area (Å²) in [4.78, 5) is 12.0. The molecule has 0 saturated carbocycles. The van der Waals surface area contributed by atoms with E-state index in [-0.39, 0.29) is 5.69 Å². The summed E-state index contributed by atoms with van der Waals surface area (Å²) in [6.07, 6.45) is 0. The van der Waals surface area contributed by atoms with E-state index in [1.807, 2.05) is 13.0 Å². The number of halogens is 1. The molecule has 2 aromatic carbocycles. The highest BCUT2D eigenvalue weighted by Gasteiger charge is 2.16. The first kappa shape index (κ1) is 13.2. The zero-order valence-electron chi connectivity index (χ0n) is 10.6. The minimum absolute atomic E-state index is 0.149. The number of hydrogen-bond donors (Lipinski definition) is 2. The molecule has 0 saturated heterocycles. The van der Waals surface area contributed by atoms with Gasteiger partial charge in [0.25, 0.3) is 0 Å². The van der Waals surface area contributed by atoms with Gasteiger partial charge in [0.15, 0.2) is 0 Å². The molecule has 0 bridgehead atoms. The smallest absolute Gasteiger partial charge is 0.245 e. The number of nitrogens with two attached hydrogens (primary N) is 1. The number of carbonyl (C=O) groups excluding carboxylic acids is 1. The normalized spacial score (nSPS) is 11.9. The molecule has 0 aliphatic carbocycles. The van der Waals surface area contributed by atoms with Crippen LogP contribution < -0.4 is 11.1 Å². The van der Waals surface area contributed by atoms with E-state index in [1.165, 1.54) is 6.07 Å². The van der Waals surface area contributed by atoms with Gasteiger partial charge in [-0.25, -0.2) is 4.39 Å². The fraction of sp³-hybridized carbons (Fsp3) is 0.133. The van der Waals surface area contributed by atoms with Gasteiger partial charge in [-0.1, -0.05) is 36.4 Å². The van der Waals surface area contributed by atoms with E-state index >= 15 is 0 Å². The van der Waals surface area contributed by atoms with Crippen molar-refractivity contribution in [2.75, 3.05) is 5.32 Å². The van der Waals surface area contributed by atoms with Gasteiger partial charge in [-0.2, -0.15) is 0 Å². The monoisotopic (exact) mass is 258 g/mol. The third-order valence-electron chi connectivity index (χ3n) is 2.82. The Morgan fingerprint density at radius 1 is 1.21 bits per heavy atom. The van der Waals surface area contributed by atoms with Crippen LogP contribution in [-0.2, 0) is 4.79 Å². The molecule has 0 heterocycles. The molecule has 2 aromatic rings. The lowest BCUT2D eigenvalue weighted by molar-refractivity contribution is -0.117. The number of benzene rings is 2. The number of aryl methyl sites for hydroxylation is 1. The summed E-state index contributed by atoms with van der Waals surface area (Å²) in [6.45, 7) is 1.83. The van der Waals surface area contributed by atoms with Crippen LogP contribution in [0, 0.1) is 12.7 Å². The molecule has 98 valence electrons. The maximum Gasteiger partial charge on any atom is 0.245 e. The largest absolute Gasteiger partial charge is 0.322 e. The molecule has 0 radical (unpaired) electrons. The first-order valence-electron chi connectivity index (χ1n) is 5.95. The van der Waals surface area contributed by atoms with E-state index in [4.69, 9.17) is 5.73 Å². The number of rotatable bonds is 3. The summed E-state index contributed by atoms with van der Waals surface area (Å²) < 4.78 is 13.5. The van der Waals surface area contributed by atoms with Gasteiger partial charge in [0, 0.05) is 0 Å². The Kier molecular flexibility index (Phi) is 3.92. The summed E-state index contributed by atoms with van der Waals surface area (Å²) in [7, 11) is 0. The maximum absolute atomic E-state index is 13.5. The van der Waals surface area contributed by atoms with E-state index in [1.54, 1.807) is 36.4 Å². The van der Waals surface area contributed by atoms with Crippen LogP contribution in [0.4, 0.5) is 10.1 Å². The highest BCUT2D eigenvalue weighted by Crippen LogP contribution is 2.18. The van der Waals surface area contributed by atoms with E-state index in [0.717, 1.165) is 5.56 Å². The van der Waals surface area contributed by atoms with Gasteiger partial charge in [0.1, 0.15) is 11.9 Å². The second kappa shape index (κ2) is 5.63. The van der Waals surface area contributed by atoms with Crippen LogP contribution in [0.1, 0.15) is 17.2 Å². The molecule has 3 nitrogen and oxygen atoms in total. The fourth-order valence-corrected chi connectivity index (χ4v) is 1.76. The second-order valence-corrected chi connectivity index (χ2v) is 4.36. The lowest BCUT2D eigenvalue weighted by atomic mass is 10.1. The fourth-order valence-electron chi connectivity index (χ4n) is 1.76. The predicted molar refractivity (Wildman–Crippen MR) is 73.1 cm³/mol. The SMILES string of the molecule is Cc1ccc(F)c(NC(=O)C(N)c2ccccc2)c1. The summed E-state index contributed by atoms with van der Waals surface area (Å²) >= 11 is 0. The van der Waals surface area contributed by atoms with E-state index in [9.17, 15) is 9.18 Å². The van der Waals surface area contributed by atoms with Gasteiger partial charge >= 0.3 is 0 Å². The van der Waals surface area contributed by atoms with Crippen molar-refractivity contribution in [3.63, 3.8) is 0 Å². The van der Waals surface area contributed by atoms with Gasteiger partial charge in [-0.05, 0) is 30.2 Å². The highest BCUT2D eigenvalue weighted by molar-refractivity contribution is 5.95. The summed E-state index contributed by atoms with van der Waals surface area (Å²) in [5.41, 5.74) is 7.54. The topological polar surface area (TPSA) is 55.1 Å². The van der Waals surface area contributed by atoms with Crippen LogP contribution >= 0.6 is 0 Å². The molecule has 0 aromatic heterocycles. The van der Waals surface area contributed by atoms with Crippen LogP contribution in [0.25, 0.3) is 0 Å². The number of carbonyl (C=O) groups is 1. The molecular weight excluding hydrogens is 243 g/mol. The van der Waals surface area contributed by atoms with Crippen molar-refractivity contribution >= 4 is 11.6 Å². The van der Waals surface area contributed by atoms with Gasteiger partial charge in [-0.15, -0.1) is 0 Å². The first-order chi connectivity index (χ1) is 9.08. The second-order valence-electron chi connectivity index (χ2n) is 4.36. The Morgan fingerprint density at radius 3 is 2.58 bits per heavy atom. The molecule has 0 spiro atoms. The standard InChI is InChI=1S/C15H15FN2O/c1-10-7-8-12(16)13(9-10)18-15(19)14(17)11-5-3-2-4-6-11/h2-9,14H,17H2,1H3,(H,18,19). The molecule has 1 atom stereocenters. The molecule has 1 amide bonds. The van der Waals surface area contributed by atoms with Crippen molar-refractivity contribution in [2.24, 2.45) is 5.73 Å². The lowest BCUT2D eigenvalue weighted by Gasteiger charge is -2.13. The molecule has 2 rings (SSSR count). The van der Waals surface area contributed by atoms with E-state index in [0.29, 0.717) is 5.56 Å². The lowest BCUT2D eigenvalue weighted by Crippen LogP contribution is -2.28. The minimum atomic E-state index is -0.818. The molecule has 19 heavy (non-hydrogen) atoms. The van der Waals surface area contributed by atoms with Crippen LogP contribution in [0.2, 0.25) is 0 Å². The summed E-state index contributed by atoms with van der Waals surface area (Å²) in [6, 6.07) is 12.7. The number of anilines is 1. The van der Waals surface area contributed by atoms with E-state index < -0.39 is 17.8 Å². The third kappa shape index (κ3) is 3.17. The predicted octanol–water partition coefficient (Wildman–Crippen LogP) is 2.77. The Labute approximate surface area is 111 Å². The molecule has 3 N–H and O–H groups in total. The average molecular weight is 258 g/mol. The molecule has 4 heteroatoms. The van der Waals surface area contributed by atoms with Crippen molar-refractivity contribution < 1.29 is 9.18 Å². The first-order valence-corrected chi connectivity index (χ1v) is 5.95. The molecule has 1 unspecified atom stereocenters. The van der Waals surface area contributed by atoms with Crippen LogP contribution in [0.3, 0.4) is 0 Å². The van der Waals surface area contributed by atoms with Crippen molar-refractivity contribution in [1.29, 1.82) is 0 Å². The molecular formula is C15H15FN2O. The number of hydrogen-bond acceptors (Lipinski definition) is 2. The van der Waals surface area contributed by atoms with Crippen LogP contribution in [0.5, 0.6) is 0 Å². The zero-order chi connectivity index (χ0) is 13.8. The van der Waals surface area contributed by atoms with Crippen molar-refractivity contribution in [1.82, 2.24) is 0 Å². The molecule has 0 fully saturated rings. The molecule has 0 aliphatic heterocycles. The van der Waals surface area contributed by atoms with Crippen molar-refractivity contribution in [3.8, 4) is 0 Å². The Bertz CT molecular complexity index is 584. The summed E-state index contributed by atoms with van der Waals surface area (Å²) in [5, 5.41) is 2.51. The number of amides is 1. The van der Waals surface area contributed by atoms with Gasteiger partial charge in [0.2, 0.25) is 5.91 Å². The quantitative estimate of drug-likeness (QED) is 0.889. The maximum atomic E-state index is 13.5. The van der Waals surface area contributed by atoms with Crippen LogP contribution in [-0.4, -0.2) is 5.91 Å².